The molecule has 0 aliphatic heterocycles. The van der Waals surface area contributed by atoms with E-state index in [-0.39, 0.29) is 11.9 Å². The van der Waals surface area contributed by atoms with Crippen molar-refractivity contribution >= 4 is 23.4 Å². The third-order valence-corrected chi connectivity index (χ3v) is 3.86. The van der Waals surface area contributed by atoms with E-state index in [0.29, 0.717) is 9.92 Å². The highest BCUT2D eigenvalue weighted by Crippen LogP contribution is 2.35. The van der Waals surface area contributed by atoms with Gasteiger partial charge in [-0.1, -0.05) is 41.6 Å². The quantitative estimate of drug-likeness (QED) is 0.886. The minimum atomic E-state index is -0.255. The predicted molar refractivity (Wildman–Crippen MR) is 74.6 cm³/mol. The molecule has 2 aromatic carbocycles. The van der Waals surface area contributed by atoms with Gasteiger partial charge in [0.15, 0.2) is 0 Å². The number of hydrogen-bond donors (Lipinski definition) is 1. The van der Waals surface area contributed by atoms with Gasteiger partial charge in [-0.3, -0.25) is 0 Å². The molecule has 0 unspecified atom stereocenters. The van der Waals surface area contributed by atoms with Crippen molar-refractivity contribution < 1.29 is 4.39 Å². The molecule has 2 aromatic rings. The Balaban J connectivity index is 2.39. The van der Waals surface area contributed by atoms with Gasteiger partial charge < -0.3 is 5.73 Å². The van der Waals surface area contributed by atoms with Gasteiger partial charge >= 0.3 is 0 Å². The fraction of sp³-hybridized carbons (Fsp3) is 0.143. The van der Waals surface area contributed by atoms with E-state index in [9.17, 15) is 4.39 Å². The Bertz CT molecular complexity index is 557. The zero-order valence-electron chi connectivity index (χ0n) is 9.86. The molecule has 1 nitrogen and oxygen atoms in total. The first-order chi connectivity index (χ1) is 8.58. The van der Waals surface area contributed by atoms with Crippen LogP contribution >= 0.6 is 23.4 Å². The van der Waals surface area contributed by atoms with Crippen molar-refractivity contribution in [2.75, 3.05) is 0 Å². The average molecular weight is 282 g/mol. The van der Waals surface area contributed by atoms with Crippen LogP contribution in [0.4, 0.5) is 4.39 Å². The van der Waals surface area contributed by atoms with Gasteiger partial charge in [0.05, 0.1) is 4.90 Å². The van der Waals surface area contributed by atoms with Crippen LogP contribution < -0.4 is 5.73 Å². The second-order valence-electron chi connectivity index (χ2n) is 4.01. The molecule has 1 atom stereocenters. The summed E-state index contributed by atoms with van der Waals surface area (Å²) in [5, 5.41) is 0.638. The lowest BCUT2D eigenvalue weighted by Gasteiger charge is -2.13. The Morgan fingerprint density at radius 1 is 1.22 bits per heavy atom. The molecule has 0 aliphatic rings. The van der Waals surface area contributed by atoms with Crippen molar-refractivity contribution in [2.24, 2.45) is 5.73 Å². The SMILES string of the molecule is C[C@@H](N)c1cccc(F)c1Sc1cccc(Cl)c1. The lowest BCUT2D eigenvalue weighted by molar-refractivity contribution is 0.591. The fourth-order valence-electron chi connectivity index (χ4n) is 1.64. The average Bonchev–Trinajstić information content (AvgIpc) is 2.31. The van der Waals surface area contributed by atoms with Crippen LogP contribution in [-0.2, 0) is 0 Å². The summed E-state index contributed by atoms with van der Waals surface area (Å²) in [7, 11) is 0. The summed E-state index contributed by atoms with van der Waals surface area (Å²) in [6, 6.07) is 12.1. The van der Waals surface area contributed by atoms with E-state index in [0.717, 1.165) is 10.5 Å². The number of halogens is 2. The van der Waals surface area contributed by atoms with E-state index in [2.05, 4.69) is 0 Å². The van der Waals surface area contributed by atoms with E-state index in [1.165, 1.54) is 17.8 Å². The highest BCUT2D eigenvalue weighted by atomic mass is 35.5. The van der Waals surface area contributed by atoms with Crippen molar-refractivity contribution in [1.29, 1.82) is 0 Å². The van der Waals surface area contributed by atoms with Gasteiger partial charge in [0.2, 0.25) is 0 Å². The standard InChI is InChI=1S/C14H13ClFNS/c1-9(17)12-6-3-7-13(16)14(12)18-11-5-2-4-10(15)8-11/h2-9H,17H2,1H3/t9-/m1/s1. The van der Waals surface area contributed by atoms with E-state index < -0.39 is 0 Å². The summed E-state index contributed by atoms with van der Waals surface area (Å²) in [6.07, 6.45) is 0. The number of nitrogens with two attached hydrogens (primary N) is 1. The van der Waals surface area contributed by atoms with E-state index in [4.69, 9.17) is 17.3 Å². The van der Waals surface area contributed by atoms with Crippen LogP contribution in [-0.4, -0.2) is 0 Å². The Hall–Kier alpha value is -1.03. The van der Waals surface area contributed by atoms with Gasteiger partial charge in [-0.15, -0.1) is 0 Å². The minimum absolute atomic E-state index is 0.206. The molecule has 0 spiro atoms. The third-order valence-electron chi connectivity index (χ3n) is 2.50. The lowest BCUT2D eigenvalue weighted by Crippen LogP contribution is -2.07. The summed E-state index contributed by atoms with van der Waals surface area (Å²) < 4.78 is 13.9. The molecular formula is C14H13ClFNS. The third kappa shape index (κ3) is 3.05. The fourth-order valence-corrected chi connectivity index (χ4v) is 3.00. The normalized spacial score (nSPS) is 12.4. The Morgan fingerprint density at radius 2 is 1.94 bits per heavy atom. The van der Waals surface area contributed by atoms with Crippen molar-refractivity contribution in [1.82, 2.24) is 0 Å². The van der Waals surface area contributed by atoms with Gasteiger partial charge in [-0.25, -0.2) is 4.39 Å². The molecule has 2 rings (SSSR count). The molecule has 2 N–H and O–H groups in total. The van der Waals surface area contributed by atoms with Gasteiger partial charge in [0.1, 0.15) is 5.82 Å². The van der Waals surface area contributed by atoms with Crippen LogP contribution in [0.5, 0.6) is 0 Å². The predicted octanol–water partition coefficient (Wildman–Crippen LogP) is 4.65. The van der Waals surface area contributed by atoms with Gasteiger partial charge in [-0.05, 0) is 36.8 Å². The Morgan fingerprint density at radius 3 is 2.61 bits per heavy atom. The molecule has 4 heteroatoms. The van der Waals surface area contributed by atoms with Crippen LogP contribution in [0, 0.1) is 5.82 Å². The molecule has 0 bridgehead atoms. The molecular weight excluding hydrogens is 269 g/mol. The molecule has 0 amide bonds. The summed E-state index contributed by atoms with van der Waals surface area (Å²) in [4.78, 5) is 1.46. The van der Waals surface area contributed by atoms with E-state index in [1.807, 2.05) is 31.2 Å². The van der Waals surface area contributed by atoms with Crippen LogP contribution in [0.15, 0.2) is 52.3 Å². The maximum Gasteiger partial charge on any atom is 0.137 e. The summed E-state index contributed by atoms with van der Waals surface area (Å²) in [5.74, 6) is -0.255. The second-order valence-corrected chi connectivity index (χ2v) is 5.53. The lowest BCUT2D eigenvalue weighted by atomic mass is 10.1. The van der Waals surface area contributed by atoms with Crippen LogP contribution in [0.3, 0.4) is 0 Å². The number of rotatable bonds is 3. The van der Waals surface area contributed by atoms with Crippen molar-refractivity contribution in [3.63, 3.8) is 0 Å². The first kappa shape index (κ1) is 13.4. The van der Waals surface area contributed by atoms with Gasteiger partial charge in [0, 0.05) is 16.0 Å². The monoisotopic (exact) mass is 281 g/mol. The zero-order chi connectivity index (χ0) is 13.1. The van der Waals surface area contributed by atoms with Crippen molar-refractivity contribution in [3.8, 4) is 0 Å². The molecule has 18 heavy (non-hydrogen) atoms. The van der Waals surface area contributed by atoms with Crippen molar-refractivity contribution in [2.45, 2.75) is 22.8 Å². The Kier molecular flexibility index (Phi) is 4.27. The largest absolute Gasteiger partial charge is 0.324 e. The first-order valence-corrected chi connectivity index (χ1v) is 6.75. The maximum atomic E-state index is 13.9. The molecule has 0 aromatic heterocycles. The van der Waals surface area contributed by atoms with Crippen LogP contribution in [0.2, 0.25) is 5.02 Å². The molecule has 0 radical (unpaired) electrons. The molecule has 0 aliphatic carbocycles. The molecule has 0 saturated heterocycles. The smallest absolute Gasteiger partial charge is 0.137 e. The summed E-state index contributed by atoms with van der Waals surface area (Å²) in [5.41, 5.74) is 6.67. The van der Waals surface area contributed by atoms with Crippen LogP contribution in [0.25, 0.3) is 0 Å². The van der Waals surface area contributed by atoms with Crippen molar-refractivity contribution in [3.05, 3.63) is 58.9 Å². The van der Waals surface area contributed by atoms with Gasteiger partial charge in [0.25, 0.3) is 0 Å². The molecule has 0 saturated carbocycles. The van der Waals surface area contributed by atoms with E-state index in [1.54, 1.807) is 12.1 Å². The summed E-state index contributed by atoms with van der Waals surface area (Å²) in [6.45, 7) is 1.84. The highest BCUT2D eigenvalue weighted by molar-refractivity contribution is 7.99. The topological polar surface area (TPSA) is 26.0 Å². The van der Waals surface area contributed by atoms with E-state index >= 15 is 0 Å². The number of hydrogen-bond acceptors (Lipinski definition) is 2. The molecule has 0 fully saturated rings. The molecule has 94 valence electrons. The second kappa shape index (κ2) is 5.74. The molecule has 0 heterocycles. The van der Waals surface area contributed by atoms with Crippen LogP contribution in [0.1, 0.15) is 18.5 Å². The maximum absolute atomic E-state index is 13.9. The number of benzene rings is 2. The van der Waals surface area contributed by atoms with Gasteiger partial charge in [-0.2, -0.15) is 0 Å². The highest BCUT2D eigenvalue weighted by Gasteiger charge is 2.13. The Labute approximate surface area is 115 Å². The minimum Gasteiger partial charge on any atom is -0.324 e. The zero-order valence-corrected chi connectivity index (χ0v) is 11.4. The first-order valence-electron chi connectivity index (χ1n) is 5.55. The summed E-state index contributed by atoms with van der Waals surface area (Å²) >= 11 is 7.27.